The van der Waals surface area contributed by atoms with Crippen LogP contribution in [-0.2, 0) is 11.2 Å². The molecule has 6 heteroatoms. The Morgan fingerprint density at radius 2 is 1.43 bits per heavy atom. The number of anilines is 1. The summed E-state index contributed by atoms with van der Waals surface area (Å²) in [5.74, 6) is 0.205. The van der Waals surface area contributed by atoms with E-state index in [4.69, 9.17) is 15.1 Å². The first-order chi connectivity index (χ1) is 17.6. The number of nitrogens with zero attached hydrogens (tertiary/aromatic N) is 3. The molecule has 4 rings (SSSR count). The Hall–Kier alpha value is -3.25. The predicted octanol–water partition coefficient (Wildman–Crippen LogP) is 6.21. The zero-order valence-corrected chi connectivity index (χ0v) is 22.5. The molecule has 196 valence electrons. The number of carboxylic acids is 1. The highest BCUT2D eigenvalue weighted by Crippen LogP contribution is 2.38. The summed E-state index contributed by atoms with van der Waals surface area (Å²) in [6, 6.07) is 16.8. The van der Waals surface area contributed by atoms with Crippen LogP contribution in [0.2, 0.25) is 0 Å². The van der Waals surface area contributed by atoms with Crippen molar-refractivity contribution in [2.75, 3.05) is 18.0 Å². The monoisotopic (exact) mass is 501 g/mol. The van der Waals surface area contributed by atoms with Gasteiger partial charge < -0.3 is 15.1 Å². The van der Waals surface area contributed by atoms with Crippen LogP contribution in [0.1, 0.15) is 62.8 Å². The summed E-state index contributed by atoms with van der Waals surface area (Å²) >= 11 is 0. The molecule has 0 unspecified atom stereocenters. The van der Waals surface area contributed by atoms with Crippen LogP contribution in [0, 0.1) is 19.8 Å². The smallest absolute Gasteiger partial charge is 0.303 e. The van der Waals surface area contributed by atoms with Crippen LogP contribution < -0.4 is 4.90 Å². The molecule has 6 nitrogen and oxygen atoms in total. The minimum atomic E-state index is -0.835. The van der Waals surface area contributed by atoms with Crippen LogP contribution >= 0.6 is 0 Å². The first-order valence-electron chi connectivity index (χ1n) is 13.4. The summed E-state index contributed by atoms with van der Waals surface area (Å²) < 4.78 is 0. The van der Waals surface area contributed by atoms with Crippen molar-refractivity contribution in [2.24, 2.45) is 5.92 Å². The van der Waals surface area contributed by atoms with Gasteiger partial charge in [-0.15, -0.1) is 0 Å². The van der Waals surface area contributed by atoms with Gasteiger partial charge in [0, 0.05) is 43.0 Å². The van der Waals surface area contributed by atoms with Crippen LogP contribution in [0.4, 0.5) is 5.82 Å². The number of hydrogen-bond donors (Lipinski definition) is 2. The van der Waals surface area contributed by atoms with Crippen LogP contribution in [0.3, 0.4) is 0 Å². The van der Waals surface area contributed by atoms with Crippen LogP contribution in [0.5, 0.6) is 0 Å². The number of fused-ring (bicyclic) bond motifs is 1. The van der Waals surface area contributed by atoms with E-state index in [1.165, 1.54) is 11.1 Å². The molecule has 37 heavy (non-hydrogen) atoms. The standard InChI is InChI=1S/C31H39N3O3/c1-21-10-14-23(15-11-21)28-29(24-16-12-22(2)13-17-24)33-30-26(32-28)19-25(31(3,4)37)20-34(30)18-8-6-5-7-9-27(35)36/h10-17,25,37H,5-9,18-20H2,1-4H3,(H,35,36)/t25-/m1/s1. The normalized spacial score (nSPS) is 15.5. The first-order valence-corrected chi connectivity index (χ1v) is 13.4. The number of carboxylic acid groups (broad SMARTS) is 1. The van der Waals surface area contributed by atoms with E-state index in [0.29, 0.717) is 12.8 Å². The molecule has 1 atom stereocenters. The van der Waals surface area contributed by atoms with E-state index in [1.54, 1.807) is 0 Å². The molecule has 1 aliphatic heterocycles. The lowest BCUT2D eigenvalue weighted by atomic mass is 9.84. The van der Waals surface area contributed by atoms with Gasteiger partial charge in [-0.3, -0.25) is 4.79 Å². The average molecular weight is 502 g/mol. The Balaban J connectivity index is 1.71. The fourth-order valence-corrected chi connectivity index (χ4v) is 4.93. The summed E-state index contributed by atoms with van der Waals surface area (Å²) in [5.41, 5.74) is 6.30. The topological polar surface area (TPSA) is 86.6 Å². The van der Waals surface area contributed by atoms with Crippen molar-refractivity contribution in [1.29, 1.82) is 0 Å². The minimum Gasteiger partial charge on any atom is -0.481 e. The summed E-state index contributed by atoms with van der Waals surface area (Å²) in [5, 5.41) is 19.8. The van der Waals surface area contributed by atoms with Gasteiger partial charge in [0.25, 0.3) is 0 Å². The third-order valence-electron chi connectivity index (χ3n) is 7.34. The number of aliphatic carboxylic acids is 1. The Morgan fingerprint density at radius 3 is 1.97 bits per heavy atom. The third kappa shape index (κ3) is 6.75. The maximum atomic E-state index is 10.9. The van der Waals surface area contributed by atoms with Crippen molar-refractivity contribution in [3.63, 3.8) is 0 Å². The SMILES string of the molecule is Cc1ccc(-c2nc3c(nc2-c2ccc(C)cc2)N(CCCCCCC(=O)O)C[C@H](C(C)(C)O)C3)cc1. The van der Waals surface area contributed by atoms with Gasteiger partial charge in [-0.05, 0) is 40.5 Å². The number of rotatable bonds is 10. The van der Waals surface area contributed by atoms with Crippen molar-refractivity contribution in [3.8, 4) is 22.5 Å². The lowest BCUT2D eigenvalue weighted by Crippen LogP contribution is -2.46. The summed E-state index contributed by atoms with van der Waals surface area (Å²) in [6.07, 6.45) is 4.41. The highest BCUT2D eigenvalue weighted by Gasteiger charge is 2.36. The van der Waals surface area contributed by atoms with E-state index in [9.17, 15) is 9.90 Å². The molecule has 2 heterocycles. The minimum absolute atomic E-state index is 0.0393. The van der Waals surface area contributed by atoms with Crippen LogP contribution in [0.25, 0.3) is 22.5 Å². The number of unbranched alkanes of at least 4 members (excludes halogenated alkanes) is 3. The molecule has 0 aliphatic carbocycles. The molecule has 1 aliphatic rings. The van der Waals surface area contributed by atoms with Crippen molar-refractivity contribution < 1.29 is 15.0 Å². The Kier molecular flexibility index (Phi) is 8.28. The van der Waals surface area contributed by atoms with Crippen molar-refractivity contribution >= 4 is 11.8 Å². The second-order valence-electron chi connectivity index (χ2n) is 11.0. The second kappa shape index (κ2) is 11.4. The average Bonchev–Trinajstić information content (AvgIpc) is 2.85. The number of aliphatic hydroxyl groups is 1. The van der Waals surface area contributed by atoms with Crippen molar-refractivity contribution in [2.45, 2.75) is 71.8 Å². The van der Waals surface area contributed by atoms with Gasteiger partial charge in [0.15, 0.2) is 5.82 Å². The highest BCUT2D eigenvalue weighted by atomic mass is 16.4. The van der Waals surface area contributed by atoms with E-state index >= 15 is 0 Å². The summed E-state index contributed by atoms with van der Waals surface area (Å²) in [6.45, 7) is 9.44. The number of hydrogen-bond acceptors (Lipinski definition) is 5. The van der Waals surface area contributed by atoms with Crippen LogP contribution in [0.15, 0.2) is 48.5 Å². The molecule has 0 fully saturated rings. The molecule has 0 saturated carbocycles. The molecule has 0 radical (unpaired) electrons. The maximum Gasteiger partial charge on any atom is 0.303 e. The Bertz CT molecular complexity index is 1210. The quantitative estimate of drug-likeness (QED) is 0.321. The third-order valence-corrected chi connectivity index (χ3v) is 7.34. The molecule has 0 amide bonds. The number of aromatic nitrogens is 2. The first kappa shape index (κ1) is 26.8. The van der Waals surface area contributed by atoms with Gasteiger partial charge in [-0.2, -0.15) is 0 Å². The maximum absolute atomic E-state index is 10.9. The van der Waals surface area contributed by atoms with Gasteiger partial charge in [0.05, 0.1) is 22.7 Å². The Morgan fingerprint density at radius 1 is 0.892 bits per heavy atom. The number of benzene rings is 2. The fraction of sp³-hybridized carbons (Fsp3) is 0.452. The molecule has 2 N–H and O–H groups in total. The molecule has 0 spiro atoms. The van der Waals surface area contributed by atoms with Gasteiger partial charge in [-0.1, -0.05) is 72.5 Å². The van der Waals surface area contributed by atoms with Gasteiger partial charge >= 0.3 is 5.97 Å². The van der Waals surface area contributed by atoms with E-state index < -0.39 is 11.6 Å². The zero-order valence-electron chi connectivity index (χ0n) is 22.5. The summed E-state index contributed by atoms with van der Waals surface area (Å²) in [4.78, 5) is 23.6. The molecule has 3 aromatic rings. The largest absolute Gasteiger partial charge is 0.481 e. The number of aryl methyl sites for hydroxylation is 2. The molecule has 0 bridgehead atoms. The lowest BCUT2D eigenvalue weighted by Gasteiger charge is -2.40. The molecule has 1 aromatic heterocycles. The molecular formula is C31H39N3O3. The van der Waals surface area contributed by atoms with Gasteiger partial charge in [0.1, 0.15) is 0 Å². The van der Waals surface area contributed by atoms with Gasteiger partial charge in [-0.25, -0.2) is 9.97 Å². The van der Waals surface area contributed by atoms with Crippen LogP contribution in [-0.4, -0.2) is 44.8 Å². The fourth-order valence-electron chi connectivity index (χ4n) is 4.93. The Labute approximate surface area is 220 Å². The molecule has 2 aromatic carbocycles. The van der Waals surface area contributed by atoms with Gasteiger partial charge in [0.2, 0.25) is 0 Å². The van der Waals surface area contributed by atoms with E-state index in [0.717, 1.165) is 66.4 Å². The van der Waals surface area contributed by atoms with E-state index in [1.807, 2.05) is 13.8 Å². The van der Waals surface area contributed by atoms with Crippen molar-refractivity contribution in [3.05, 3.63) is 65.4 Å². The molecular weight excluding hydrogens is 462 g/mol. The molecule has 0 saturated heterocycles. The summed E-state index contributed by atoms with van der Waals surface area (Å²) in [7, 11) is 0. The highest BCUT2D eigenvalue weighted by molar-refractivity contribution is 5.80. The number of carbonyl (C=O) groups is 1. The van der Waals surface area contributed by atoms with Crippen molar-refractivity contribution in [1.82, 2.24) is 9.97 Å². The lowest BCUT2D eigenvalue weighted by molar-refractivity contribution is -0.137. The van der Waals surface area contributed by atoms with E-state index in [2.05, 4.69) is 67.3 Å². The zero-order chi connectivity index (χ0) is 26.6. The van der Waals surface area contributed by atoms with E-state index in [-0.39, 0.29) is 12.3 Å². The second-order valence-corrected chi connectivity index (χ2v) is 11.0. The predicted molar refractivity (Wildman–Crippen MR) is 149 cm³/mol.